The molecule has 1 aromatic rings. The van der Waals surface area contributed by atoms with Crippen molar-refractivity contribution >= 4 is 35.3 Å². The van der Waals surface area contributed by atoms with Crippen LogP contribution in [0.1, 0.15) is 84.5 Å². The zero-order chi connectivity index (χ0) is 35.4. The topological polar surface area (TPSA) is 197 Å². The molecule has 1 saturated carbocycles. The van der Waals surface area contributed by atoms with Crippen molar-refractivity contribution in [2.24, 2.45) is 28.9 Å². The van der Waals surface area contributed by atoms with Gasteiger partial charge in [-0.3, -0.25) is 24.0 Å². The Hall–Kier alpha value is -4.00. The molecule has 2 fully saturated rings. The molecular formula is C34H51N5O8. The number of Topliss-reactive ketones (excluding diaryl/α,β-unsaturated/α-hetero) is 2. The first-order chi connectivity index (χ1) is 21.7. The van der Waals surface area contributed by atoms with Crippen molar-refractivity contribution < 1.29 is 38.6 Å². The van der Waals surface area contributed by atoms with Crippen LogP contribution < -0.4 is 26.4 Å². The Balaban J connectivity index is 1.85. The lowest BCUT2D eigenvalue weighted by Crippen LogP contribution is -2.61. The van der Waals surface area contributed by atoms with Crippen LogP contribution in [-0.4, -0.2) is 88.7 Å². The molecule has 6 N–H and O–H groups in total. The maximum absolute atomic E-state index is 14.3. The fourth-order valence-corrected chi connectivity index (χ4v) is 5.82. The van der Waals surface area contributed by atoms with E-state index in [2.05, 4.69) is 16.0 Å². The van der Waals surface area contributed by atoms with Gasteiger partial charge in [-0.1, -0.05) is 59.6 Å². The van der Waals surface area contributed by atoms with E-state index in [1.54, 1.807) is 72.7 Å². The highest BCUT2D eigenvalue weighted by molar-refractivity contribution is 6.37. The molecule has 47 heavy (non-hydrogen) atoms. The number of ether oxygens (including phenoxy) is 1. The lowest BCUT2D eigenvalue weighted by atomic mass is 9.85. The van der Waals surface area contributed by atoms with E-state index in [-0.39, 0.29) is 37.0 Å². The van der Waals surface area contributed by atoms with Gasteiger partial charge in [0, 0.05) is 18.0 Å². The Morgan fingerprint density at radius 2 is 1.66 bits per heavy atom. The van der Waals surface area contributed by atoms with Crippen molar-refractivity contribution in [2.75, 3.05) is 13.7 Å². The highest BCUT2D eigenvalue weighted by Gasteiger charge is 2.49. The second-order valence-corrected chi connectivity index (χ2v) is 14.8. The molecule has 1 saturated heterocycles. The average molecular weight is 658 g/mol. The number of likely N-dealkylation sites (tertiary alicyclic amines) is 1. The lowest BCUT2D eigenvalue weighted by molar-refractivity contribution is -0.143. The van der Waals surface area contributed by atoms with Crippen molar-refractivity contribution in [3.8, 4) is 5.75 Å². The van der Waals surface area contributed by atoms with E-state index in [9.17, 15) is 33.9 Å². The summed E-state index contributed by atoms with van der Waals surface area (Å²) in [4.78, 5) is 80.5. The Bertz CT molecular complexity index is 1360. The molecule has 260 valence electrons. The van der Waals surface area contributed by atoms with Gasteiger partial charge in [0.1, 0.15) is 17.8 Å². The molecule has 5 atom stereocenters. The molecule has 3 rings (SSSR count). The second-order valence-electron chi connectivity index (χ2n) is 14.8. The van der Waals surface area contributed by atoms with Crippen molar-refractivity contribution in [1.82, 2.24) is 20.9 Å². The zero-order valence-electron chi connectivity index (χ0n) is 28.7. The summed E-state index contributed by atoms with van der Waals surface area (Å²) in [6.07, 6.45) is 2.10. The number of rotatable bonds is 14. The summed E-state index contributed by atoms with van der Waals surface area (Å²) in [6, 6.07) is 1.58. The first kappa shape index (κ1) is 37.5. The van der Waals surface area contributed by atoms with Crippen molar-refractivity contribution in [2.45, 2.75) is 104 Å². The summed E-state index contributed by atoms with van der Waals surface area (Å²) < 4.78 is 5.23. The Kier molecular flexibility index (Phi) is 11.8. The molecule has 5 amide bonds. The third kappa shape index (κ3) is 9.75. The molecule has 1 unspecified atom stereocenters. The smallest absolute Gasteiger partial charge is 0.316 e. The van der Waals surface area contributed by atoms with Gasteiger partial charge in [0.05, 0.1) is 24.8 Å². The number of ketones is 2. The summed E-state index contributed by atoms with van der Waals surface area (Å²) in [6.45, 7) is 12.0. The van der Waals surface area contributed by atoms with E-state index in [1.807, 2.05) is 0 Å². The highest BCUT2D eigenvalue weighted by atomic mass is 16.5. The van der Waals surface area contributed by atoms with Gasteiger partial charge in [0.15, 0.2) is 5.78 Å². The first-order valence-corrected chi connectivity index (χ1v) is 16.2. The zero-order valence-corrected chi connectivity index (χ0v) is 28.7. The normalized spacial score (nSPS) is 20.2. The highest BCUT2D eigenvalue weighted by Crippen LogP contribution is 2.36. The van der Waals surface area contributed by atoms with Crippen LogP contribution in [0.2, 0.25) is 0 Å². The summed E-state index contributed by atoms with van der Waals surface area (Å²) in [7, 11) is 1.49. The molecule has 1 aromatic carbocycles. The summed E-state index contributed by atoms with van der Waals surface area (Å²) in [5.41, 5.74) is 3.51. The van der Waals surface area contributed by atoms with Gasteiger partial charge >= 0.3 is 6.03 Å². The standard InChI is InChI=1S/C34H51N5O8/c1-18(2)25(26(40)20-10-9-11-22(15-20)47-8)37-32(45)38-28(33(3,4)5)31(44)39-17-21(34(6,7)46)16-24(39)30(43)36-23(14-19-12-13-19)27(41)29(35)42/h9-11,15,18-19,21,23-25,28,46H,12-14,16-17H2,1-8H3,(H2,35,42)(H,36,43)(H2,37,38,45)/t21-,23?,24+,25+,28-/m1/s1. The molecule has 1 aliphatic carbocycles. The Morgan fingerprint density at radius 1 is 1.02 bits per heavy atom. The van der Waals surface area contributed by atoms with E-state index in [0.717, 1.165) is 12.8 Å². The summed E-state index contributed by atoms with van der Waals surface area (Å²) in [5.74, 6) is -3.73. The number of hydrogen-bond acceptors (Lipinski definition) is 8. The molecular weight excluding hydrogens is 606 g/mol. The second kappa shape index (κ2) is 14.8. The van der Waals surface area contributed by atoms with Gasteiger partial charge in [-0.15, -0.1) is 0 Å². The molecule has 0 aromatic heterocycles. The number of primary amides is 1. The number of methoxy groups -OCH3 is 1. The summed E-state index contributed by atoms with van der Waals surface area (Å²) >= 11 is 0. The largest absolute Gasteiger partial charge is 0.497 e. The maximum atomic E-state index is 14.3. The molecule has 13 nitrogen and oxygen atoms in total. The number of amides is 5. The molecule has 0 bridgehead atoms. The van der Waals surface area contributed by atoms with Crippen molar-refractivity contribution in [1.29, 1.82) is 0 Å². The van der Waals surface area contributed by atoms with Gasteiger partial charge in [0.25, 0.3) is 5.91 Å². The first-order valence-electron chi connectivity index (χ1n) is 16.2. The van der Waals surface area contributed by atoms with Gasteiger partial charge in [0.2, 0.25) is 17.6 Å². The fourth-order valence-electron chi connectivity index (χ4n) is 5.82. The quantitative estimate of drug-likeness (QED) is 0.148. The number of hydrogen-bond donors (Lipinski definition) is 5. The van der Waals surface area contributed by atoms with E-state index >= 15 is 0 Å². The van der Waals surface area contributed by atoms with Crippen LogP contribution in [0.4, 0.5) is 4.79 Å². The minimum atomic E-state index is -1.25. The van der Waals surface area contributed by atoms with Gasteiger partial charge in [-0.05, 0) is 56.1 Å². The molecule has 0 spiro atoms. The van der Waals surface area contributed by atoms with Crippen LogP contribution in [0.15, 0.2) is 24.3 Å². The predicted octanol–water partition coefficient (Wildman–Crippen LogP) is 1.94. The Morgan fingerprint density at radius 3 is 2.17 bits per heavy atom. The van der Waals surface area contributed by atoms with E-state index in [4.69, 9.17) is 10.5 Å². The van der Waals surface area contributed by atoms with E-state index in [1.165, 1.54) is 12.0 Å². The monoisotopic (exact) mass is 657 g/mol. The van der Waals surface area contributed by atoms with Gasteiger partial charge in [-0.2, -0.15) is 0 Å². The molecule has 0 radical (unpaired) electrons. The van der Waals surface area contributed by atoms with Gasteiger partial charge < -0.3 is 36.4 Å². The Labute approximate surface area is 276 Å². The van der Waals surface area contributed by atoms with Crippen molar-refractivity contribution in [3.63, 3.8) is 0 Å². The fraction of sp³-hybridized carbons (Fsp3) is 0.647. The SMILES string of the molecule is COc1cccc(C(=O)[C@@H](NC(=O)N[C@H](C(=O)N2C[C@H](C(C)(C)O)C[C@H]2C(=O)NC(CC2CC2)C(=O)C(N)=O)C(C)(C)C)C(C)C)c1. The third-order valence-corrected chi connectivity index (χ3v) is 9.01. The number of urea groups is 1. The van der Waals surface area contributed by atoms with Crippen LogP contribution >= 0.6 is 0 Å². The lowest BCUT2D eigenvalue weighted by Gasteiger charge is -2.36. The summed E-state index contributed by atoms with van der Waals surface area (Å²) in [5, 5.41) is 19.0. The molecule has 2 aliphatic rings. The number of nitrogens with one attached hydrogen (secondary N) is 3. The molecule has 1 heterocycles. The number of aliphatic hydroxyl groups is 1. The number of benzene rings is 1. The van der Waals surface area contributed by atoms with Crippen LogP contribution in [0, 0.1) is 23.2 Å². The van der Waals surface area contributed by atoms with Crippen LogP contribution in [0.5, 0.6) is 5.75 Å². The van der Waals surface area contributed by atoms with Crippen LogP contribution in [0.25, 0.3) is 0 Å². The van der Waals surface area contributed by atoms with Crippen LogP contribution in [-0.2, 0) is 19.2 Å². The molecule has 1 aliphatic heterocycles. The average Bonchev–Trinajstić information content (AvgIpc) is 3.68. The number of carbonyl (C=O) groups is 6. The van der Waals surface area contributed by atoms with E-state index < -0.39 is 70.6 Å². The predicted molar refractivity (Wildman–Crippen MR) is 174 cm³/mol. The number of nitrogens with two attached hydrogens (primary N) is 1. The van der Waals surface area contributed by atoms with Gasteiger partial charge in [-0.25, -0.2) is 4.79 Å². The molecule has 13 heteroatoms. The number of carbonyl (C=O) groups excluding carboxylic acids is 6. The maximum Gasteiger partial charge on any atom is 0.316 e. The minimum absolute atomic E-state index is 0.0102. The van der Waals surface area contributed by atoms with E-state index in [0.29, 0.717) is 11.3 Å². The number of nitrogens with zero attached hydrogens (tertiary/aromatic N) is 1. The van der Waals surface area contributed by atoms with Crippen molar-refractivity contribution in [3.05, 3.63) is 29.8 Å². The third-order valence-electron chi connectivity index (χ3n) is 9.01. The van der Waals surface area contributed by atoms with Crippen LogP contribution in [0.3, 0.4) is 0 Å². The minimum Gasteiger partial charge on any atom is -0.497 e.